The van der Waals surface area contributed by atoms with E-state index < -0.39 is 18.0 Å². The Morgan fingerprint density at radius 3 is 2.42 bits per heavy atom. The molecule has 3 aromatic carbocycles. The lowest BCUT2D eigenvalue weighted by Gasteiger charge is -2.22. The van der Waals surface area contributed by atoms with Crippen LogP contribution in [-0.4, -0.2) is 65.0 Å². The number of aromatic carboxylic acids is 1. The van der Waals surface area contributed by atoms with Crippen LogP contribution in [0, 0.1) is 0 Å². The van der Waals surface area contributed by atoms with Crippen LogP contribution in [0.3, 0.4) is 0 Å². The number of carboxylic acids is 1. The van der Waals surface area contributed by atoms with E-state index in [9.17, 15) is 19.5 Å². The van der Waals surface area contributed by atoms with Crippen LogP contribution >= 0.6 is 0 Å². The number of urea groups is 1. The number of benzene rings is 3. The normalized spacial score (nSPS) is 16.8. The van der Waals surface area contributed by atoms with E-state index in [1.165, 1.54) is 36.4 Å². The monoisotopic (exact) mass is 546 g/mol. The molecule has 1 fully saturated rings. The average molecular weight is 547 g/mol. The van der Waals surface area contributed by atoms with Crippen LogP contribution in [0.1, 0.15) is 27.9 Å². The number of rotatable bonds is 9. The summed E-state index contributed by atoms with van der Waals surface area (Å²) in [6.45, 7) is 2.41. The lowest BCUT2D eigenvalue weighted by Crippen LogP contribution is -2.52. The zero-order valence-electron chi connectivity index (χ0n) is 21.6. The summed E-state index contributed by atoms with van der Waals surface area (Å²) in [5.41, 5.74) is 2.34. The molecule has 40 heavy (non-hydrogen) atoms. The fraction of sp³-hybridized carbons (Fsp3) is 0.276. The van der Waals surface area contributed by atoms with Gasteiger partial charge >= 0.3 is 12.0 Å². The van der Waals surface area contributed by atoms with Crippen molar-refractivity contribution in [3.05, 3.63) is 83.4 Å². The molecule has 3 amide bonds. The maximum absolute atomic E-state index is 13.4. The second-order valence-electron chi connectivity index (χ2n) is 9.82. The molecule has 2 aliphatic rings. The number of fused-ring (bicyclic) bond motifs is 1. The van der Waals surface area contributed by atoms with E-state index in [1.807, 2.05) is 18.2 Å². The zero-order valence-corrected chi connectivity index (χ0v) is 21.6. The lowest BCUT2D eigenvalue weighted by molar-refractivity contribution is -0.123. The first-order valence-electron chi connectivity index (χ1n) is 12.9. The molecule has 0 bridgehead atoms. The third kappa shape index (κ3) is 6.80. The number of hydrogen-bond acceptors (Lipinski definition) is 7. The maximum atomic E-state index is 13.4. The van der Waals surface area contributed by atoms with Crippen LogP contribution in [0.5, 0.6) is 17.2 Å². The molecule has 1 saturated heterocycles. The highest BCUT2D eigenvalue weighted by atomic mass is 16.7. The molecule has 2 aliphatic heterocycles. The Hall–Kier alpha value is -4.77. The first-order valence-corrected chi connectivity index (χ1v) is 12.9. The molecular formula is C29H30N4O7. The summed E-state index contributed by atoms with van der Waals surface area (Å²) >= 11 is 0. The van der Waals surface area contributed by atoms with Crippen molar-refractivity contribution in [2.75, 3.05) is 25.2 Å². The van der Waals surface area contributed by atoms with Crippen molar-refractivity contribution in [3.63, 3.8) is 0 Å². The van der Waals surface area contributed by atoms with Gasteiger partial charge in [-0.05, 0) is 66.1 Å². The van der Waals surface area contributed by atoms with Crippen LogP contribution < -0.4 is 25.4 Å². The van der Waals surface area contributed by atoms with Gasteiger partial charge < -0.3 is 35.6 Å². The number of carbonyl (C=O) groups is 3. The minimum Gasteiger partial charge on any atom is -0.508 e. The number of carbonyl (C=O) groups excluding carboxylic acids is 2. The van der Waals surface area contributed by atoms with E-state index in [2.05, 4.69) is 20.9 Å². The third-order valence-corrected chi connectivity index (χ3v) is 6.85. The summed E-state index contributed by atoms with van der Waals surface area (Å²) < 4.78 is 10.8. The standard InChI is InChI=1S/C29H30N4O7/c34-23-8-1-18(2-9-23)13-24(32-29(38)31-21-6-4-20(5-7-21)28(36)37)27(35)30-22-11-12-33(16-22)15-19-3-10-25-26(14-19)40-17-39-25/h1-10,14,22,24,34H,11-13,15-17H2,(H,30,35)(H,36,37)(H2,31,32,38)/t22-,24-/m0/s1. The Bertz CT molecular complexity index is 1380. The molecule has 11 nitrogen and oxygen atoms in total. The van der Waals surface area contributed by atoms with Crippen molar-refractivity contribution in [1.82, 2.24) is 15.5 Å². The predicted molar refractivity (Wildman–Crippen MR) is 146 cm³/mol. The number of likely N-dealkylation sites (tertiary alicyclic amines) is 1. The van der Waals surface area contributed by atoms with Gasteiger partial charge in [0.25, 0.3) is 0 Å². The van der Waals surface area contributed by atoms with Crippen LogP contribution in [-0.2, 0) is 17.8 Å². The third-order valence-electron chi connectivity index (χ3n) is 6.85. The number of nitrogens with zero attached hydrogens (tertiary/aromatic N) is 1. The first kappa shape index (κ1) is 26.8. The molecule has 3 aromatic rings. The van der Waals surface area contributed by atoms with E-state index in [-0.39, 0.29) is 36.5 Å². The van der Waals surface area contributed by atoms with Crippen LogP contribution in [0.4, 0.5) is 10.5 Å². The maximum Gasteiger partial charge on any atom is 0.335 e. The van der Waals surface area contributed by atoms with Gasteiger partial charge in [-0.25, -0.2) is 9.59 Å². The van der Waals surface area contributed by atoms with E-state index in [1.54, 1.807) is 12.1 Å². The van der Waals surface area contributed by atoms with Gasteiger partial charge in [0.2, 0.25) is 12.7 Å². The molecule has 5 N–H and O–H groups in total. The Labute approximate surface area is 230 Å². The van der Waals surface area contributed by atoms with Gasteiger partial charge in [0.1, 0.15) is 11.8 Å². The van der Waals surface area contributed by atoms with Crippen molar-refractivity contribution in [2.45, 2.75) is 31.5 Å². The number of phenols is 1. The quantitative estimate of drug-likeness (QED) is 0.275. The molecule has 0 spiro atoms. The predicted octanol–water partition coefficient (Wildman–Crippen LogP) is 2.94. The number of nitrogens with one attached hydrogen (secondary N) is 3. The molecule has 2 heterocycles. The Balaban J connectivity index is 1.20. The number of phenolic OH excluding ortho intramolecular Hbond substituents is 1. The summed E-state index contributed by atoms with van der Waals surface area (Å²) in [6.07, 6.45) is 0.982. The SMILES string of the molecule is O=C(Nc1ccc(C(=O)O)cc1)N[C@@H](Cc1ccc(O)cc1)C(=O)N[C@H]1CCN(Cc2ccc3c(c2)OCO3)C1. The van der Waals surface area contributed by atoms with E-state index >= 15 is 0 Å². The summed E-state index contributed by atoms with van der Waals surface area (Å²) in [5, 5.41) is 27.1. The molecule has 0 aromatic heterocycles. The molecule has 2 atom stereocenters. The molecule has 0 aliphatic carbocycles. The smallest absolute Gasteiger partial charge is 0.335 e. The van der Waals surface area contributed by atoms with Gasteiger partial charge in [0.05, 0.1) is 5.56 Å². The van der Waals surface area contributed by atoms with E-state index in [0.29, 0.717) is 18.8 Å². The molecule has 0 radical (unpaired) electrons. The van der Waals surface area contributed by atoms with Crippen molar-refractivity contribution in [2.24, 2.45) is 0 Å². The van der Waals surface area contributed by atoms with Crippen molar-refractivity contribution in [1.29, 1.82) is 0 Å². The van der Waals surface area contributed by atoms with Gasteiger partial charge in [-0.2, -0.15) is 0 Å². The molecule has 0 saturated carbocycles. The Morgan fingerprint density at radius 2 is 1.68 bits per heavy atom. The topological polar surface area (TPSA) is 149 Å². The summed E-state index contributed by atoms with van der Waals surface area (Å²) in [6, 6.07) is 16.5. The van der Waals surface area contributed by atoms with E-state index in [4.69, 9.17) is 14.6 Å². The highest BCUT2D eigenvalue weighted by Gasteiger charge is 2.28. The van der Waals surface area contributed by atoms with E-state index in [0.717, 1.165) is 35.6 Å². The summed E-state index contributed by atoms with van der Waals surface area (Å²) in [7, 11) is 0. The Kier molecular flexibility index (Phi) is 8.02. The highest BCUT2D eigenvalue weighted by Crippen LogP contribution is 2.33. The van der Waals surface area contributed by atoms with Gasteiger partial charge in [-0.15, -0.1) is 0 Å². The molecular weight excluding hydrogens is 516 g/mol. The number of amides is 3. The number of aromatic hydroxyl groups is 1. The molecule has 11 heteroatoms. The lowest BCUT2D eigenvalue weighted by atomic mass is 10.0. The summed E-state index contributed by atoms with van der Waals surface area (Å²) in [4.78, 5) is 39.5. The van der Waals surface area contributed by atoms with Crippen molar-refractivity contribution < 1.29 is 34.1 Å². The highest BCUT2D eigenvalue weighted by molar-refractivity contribution is 5.94. The minimum absolute atomic E-state index is 0.0859. The minimum atomic E-state index is -1.07. The van der Waals surface area contributed by atoms with Crippen LogP contribution in [0.25, 0.3) is 0 Å². The van der Waals surface area contributed by atoms with Gasteiger partial charge in [0, 0.05) is 37.8 Å². The molecule has 208 valence electrons. The van der Waals surface area contributed by atoms with Crippen LogP contribution in [0.2, 0.25) is 0 Å². The summed E-state index contributed by atoms with van der Waals surface area (Å²) in [5.74, 6) is 0.195. The zero-order chi connectivity index (χ0) is 28.1. The number of carboxylic acid groups (broad SMARTS) is 1. The number of hydrogen-bond donors (Lipinski definition) is 5. The molecule has 5 rings (SSSR count). The van der Waals surface area contributed by atoms with Crippen molar-refractivity contribution >= 4 is 23.6 Å². The number of anilines is 1. The first-order chi connectivity index (χ1) is 19.3. The Morgan fingerprint density at radius 1 is 0.950 bits per heavy atom. The van der Waals surface area contributed by atoms with Gasteiger partial charge in [-0.1, -0.05) is 18.2 Å². The van der Waals surface area contributed by atoms with Gasteiger partial charge in [-0.3, -0.25) is 9.69 Å². The average Bonchev–Trinajstić information content (AvgIpc) is 3.58. The largest absolute Gasteiger partial charge is 0.508 e. The van der Waals surface area contributed by atoms with Crippen LogP contribution in [0.15, 0.2) is 66.7 Å². The second kappa shape index (κ2) is 12.0. The van der Waals surface area contributed by atoms with Gasteiger partial charge in [0.15, 0.2) is 11.5 Å². The molecule has 0 unspecified atom stereocenters. The fourth-order valence-corrected chi connectivity index (χ4v) is 4.79. The fourth-order valence-electron chi connectivity index (χ4n) is 4.79. The second-order valence-corrected chi connectivity index (χ2v) is 9.82. The number of ether oxygens (including phenoxy) is 2. The van der Waals surface area contributed by atoms with Crippen molar-refractivity contribution in [3.8, 4) is 17.2 Å².